The number of phenols is 1. The van der Waals surface area contributed by atoms with Gasteiger partial charge in [-0.3, -0.25) is 14.4 Å². The van der Waals surface area contributed by atoms with Crippen LogP contribution in [0.3, 0.4) is 0 Å². The van der Waals surface area contributed by atoms with Gasteiger partial charge in [0.05, 0.1) is 13.0 Å². The van der Waals surface area contributed by atoms with E-state index in [-0.39, 0.29) is 17.9 Å². The van der Waals surface area contributed by atoms with E-state index < -0.39 is 54.5 Å². The lowest BCUT2D eigenvalue weighted by Crippen LogP contribution is -2.54. The summed E-state index contributed by atoms with van der Waals surface area (Å²) in [5, 5.41) is 25.8. The molecular weight excluding hydrogens is 492 g/mol. The van der Waals surface area contributed by atoms with Crippen molar-refractivity contribution in [3.05, 3.63) is 59.2 Å². The number of aliphatic hydroxyl groups excluding tert-OH is 1. The first kappa shape index (κ1) is 30.1. The molecule has 0 aliphatic rings. The van der Waals surface area contributed by atoms with Crippen molar-refractivity contribution >= 4 is 29.5 Å². The number of aromatic hydroxyl groups is 1. The van der Waals surface area contributed by atoms with Crippen LogP contribution in [0.2, 0.25) is 0 Å². The summed E-state index contributed by atoms with van der Waals surface area (Å²) in [6.07, 6.45) is -1.56. The van der Waals surface area contributed by atoms with Gasteiger partial charge in [0, 0.05) is 17.8 Å². The van der Waals surface area contributed by atoms with E-state index in [1.807, 2.05) is 0 Å². The van der Waals surface area contributed by atoms with Gasteiger partial charge in [-0.05, 0) is 51.8 Å². The Morgan fingerprint density at radius 1 is 1.03 bits per heavy atom. The first-order chi connectivity index (χ1) is 17.7. The summed E-state index contributed by atoms with van der Waals surface area (Å²) in [6, 6.07) is 8.77. The summed E-state index contributed by atoms with van der Waals surface area (Å²) in [5.41, 5.74) is 6.23. The Labute approximate surface area is 222 Å². The number of primary amides is 1. The van der Waals surface area contributed by atoms with Crippen LogP contribution in [0.5, 0.6) is 5.75 Å². The lowest BCUT2D eigenvalue weighted by atomic mass is 9.98. The number of hydrogen-bond donors (Lipinski definition) is 5. The molecule has 11 nitrogen and oxygen atoms in total. The van der Waals surface area contributed by atoms with E-state index in [4.69, 9.17) is 10.5 Å². The molecule has 38 heavy (non-hydrogen) atoms. The van der Waals surface area contributed by atoms with Gasteiger partial charge in [-0.2, -0.15) is 0 Å². The highest BCUT2D eigenvalue weighted by atomic mass is 16.6. The summed E-state index contributed by atoms with van der Waals surface area (Å²) >= 11 is 0. The third kappa shape index (κ3) is 8.20. The Balaban J connectivity index is 2.57. The first-order valence-corrected chi connectivity index (χ1v) is 12.1. The molecule has 206 valence electrons. The number of nitrogens with two attached hydrogens (primary N) is 1. The second-order valence-corrected chi connectivity index (χ2v) is 9.84. The molecule has 0 fully saturated rings. The van der Waals surface area contributed by atoms with Crippen LogP contribution in [0.4, 0.5) is 10.5 Å². The molecule has 4 amide bonds. The Morgan fingerprint density at radius 2 is 1.66 bits per heavy atom. The number of aliphatic hydroxyl groups is 1. The molecule has 0 heterocycles. The van der Waals surface area contributed by atoms with Crippen molar-refractivity contribution in [2.24, 2.45) is 5.73 Å². The number of nitrogens with one attached hydrogen (secondary N) is 2. The largest absolute Gasteiger partial charge is 0.507 e. The monoisotopic (exact) mass is 528 g/mol. The molecule has 0 aliphatic heterocycles. The van der Waals surface area contributed by atoms with Crippen LogP contribution in [0.1, 0.15) is 49.9 Å². The van der Waals surface area contributed by atoms with Gasteiger partial charge in [0.1, 0.15) is 23.4 Å². The third-order valence-electron chi connectivity index (χ3n) is 5.54. The number of ether oxygens (including phenoxy) is 1. The van der Waals surface area contributed by atoms with E-state index in [2.05, 4.69) is 10.6 Å². The Kier molecular flexibility index (Phi) is 10.2. The normalized spacial score (nSPS) is 12.7. The topological polar surface area (TPSA) is 171 Å². The maximum atomic E-state index is 13.8. The van der Waals surface area contributed by atoms with E-state index in [0.29, 0.717) is 11.3 Å². The number of para-hydroxylation sites is 2. The Hall–Kier alpha value is -4.12. The van der Waals surface area contributed by atoms with Gasteiger partial charge in [0.25, 0.3) is 5.91 Å². The van der Waals surface area contributed by atoms with E-state index in [0.717, 1.165) is 10.5 Å². The fraction of sp³-hybridized carbons (Fsp3) is 0.407. The number of anilines is 1. The number of carbonyl (C=O) groups excluding carboxylic acids is 4. The van der Waals surface area contributed by atoms with Crippen LogP contribution in [0.25, 0.3) is 0 Å². The second kappa shape index (κ2) is 12.9. The van der Waals surface area contributed by atoms with E-state index in [9.17, 15) is 29.4 Å². The number of nitrogens with zero attached hydrogens (tertiary/aromatic N) is 1. The molecule has 0 aliphatic carbocycles. The molecule has 2 unspecified atom stereocenters. The van der Waals surface area contributed by atoms with Crippen molar-refractivity contribution in [3.8, 4) is 5.75 Å². The SMILES string of the molecule is Cc1ccccc1NC(=O)C(c1cccc(C)c1O)N(CCO)C(=O)C(CC(N)=O)NC(=O)OC(C)(C)C. The molecule has 0 saturated carbocycles. The molecule has 6 N–H and O–H groups in total. The van der Waals surface area contributed by atoms with Crippen LogP contribution in [-0.2, 0) is 19.1 Å². The van der Waals surface area contributed by atoms with Crippen molar-refractivity contribution in [3.63, 3.8) is 0 Å². The lowest BCUT2D eigenvalue weighted by molar-refractivity contribution is -0.142. The number of aryl methyl sites for hydroxylation is 2. The van der Waals surface area contributed by atoms with Gasteiger partial charge >= 0.3 is 6.09 Å². The average Bonchev–Trinajstić information content (AvgIpc) is 2.80. The van der Waals surface area contributed by atoms with Crippen molar-refractivity contribution in [2.45, 2.75) is 58.7 Å². The van der Waals surface area contributed by atoms with Crippen molar-refractivity contribution in [1.29, 1.82) is 0 Å². The van der Waals surface area contributed by atoms with Crippen molar-refractivity contribution < 1.29 is 34.1 Å². The molecule has 0 radical (unpaired) electrons. The quantitative estimate of drug-likeness (QED) is 0.315. The van der Waals surface area contributed by atoms with Crippen LogP contribution in [0.15, 0.2) is 42.5 Å². The highest BCUT2D eigenvalue weighted by Gasteiger charge is 2.38. The molecule has 2 aromatic rings. The van der Waals surface area contributed by atoms with Crippen LogP contribution in [0, 0.1) is 13.8 Å². The zero-order valence-corrected chi connectivity index (χ0v) is 22.3. The molecule has 2 rings (SSSR count). The lowest BCUT2D eigenvalue weighted by Gasteiger charge is -2.34. The summed E-state index contributed by atoms with van der Waals surface area (Å²) in [4.78, 5) is 52.7. The maximum absolute atomic E-state index is 13.8. The minimum absolute atomic E-state index is 0.0907. The van der Waals surface area contributed by atoms with Gasteiger partial charge in [-0.25, -0.2) is 4.79 Å². The number of carbonyl (C=O) groups is 4. The second-order valence-electron chi connectivity index (χ2n) is 9.84. The fourth-order valence-electron chi connectivity index (χ4n) is 3.79. The smallest absolute Gasteiger partial charge is 0.408 e. The van der Waals surface area contributed by atoms with E-state index in [1.165, 1.54) is 6.07 Å². The highest BCUT2D eigenvalue weighted by molar-refractivity contribution is 6.00. The average molecular weight is 529 g/mol. The van der Waals surface area contributed by atoms with Gasteiger partial charge in [0.15, 0.2) is 0 Å². The van der Waals surface area contributed by atoms with E-state index in [1.54, 1.807) is 71.0 Å². The summed E-state index contributed by atoms with van der Waals surface area (Å²) in [6.45, 7) is 7.39. The van der Waals surface area contributed by atoms with Crippen molar-refractivity contribution in [2.75, 3.05) is 18.5 Å². The van der Waals surface area contributed by atoms with Crippen LogP contribution in [-0.4, -0.2) is 63.7 Å². The van der Waals surface area contributed by atoms with Gasteiger partial charge < -0.3 is 36.2 Å². The van der Waals surface area contributed by atoms with Gasteiger partial charge in [-0.1, -0.05) is 36.4 Å². The summed E-state index contributed by atoms with van der Waals surface area (Å²) in [7, 11) is 0. The summed E-state index contributed by atoms with van der Waals surface area (Å²) < 4.78 is 5.22. The fourth-order valence-corrected chi connectivity index (χ4v) is 3.79. The van der Waals surface area contributed by atoms with Gasteiger partial charge in [0.2, 0.25) is 11.8 Å². The zero-order chi connectivity index (χ0) is 28.6. The Bertz CT molecular complexity index is 1180. The van der Waals surface area contributed by atoms with Gasteiger partial charge in [-0.15, -0.1) is 0 Å². The third-order valence-corrected chi connectivity index (χ3v) is 5.54. The predicted octanol–water partition coefficient (Wildman–Crippen LogP) is 2.28. The molecular formula is C27H36N4O7. The highest BCUT2D eigenvalue weighted by Crippen LogP contribution is 2.33. The van der Waals surface area contributed by atoms with Crippen molar-refractivity contribution in [1.82, 2.24) is 10.2 Å². The molecule has 0 spiro atoms. The molecule has 0 saturated heterocycles. The Morgan fingerprint density at radius 3 is 2.24 bits per heavy atom. The van der Waals surface area contributed by atoms with Crippen LogP contribution < -0.4 is 16.4 Å². The standard InChI is InChI=1S/C27H36N4O7/c1-16-9-6-7-12-19(16)29-24(35)22(18-11-8-10-17(2)23(18)34)31(13-14-32)25(36)20(15-21(28)33)30-26(37)38-27(3,4)5/h6-12,20,22,32,34H,13-15H2,1-5H3,(H2,28,33)(H,29,35)(H,30,37). The number of alkyl carbamates (subject to hydrolysis) is 1. The molecule has 2 atom stereocenters. The number of benzene rings is 2. The molecule has 0 bridgehead atoms. The number of amides is 4. The van der Waals surface area contributed by atoms with E-state index >= 15 is 0 Å². The maximum Gasteiger partial charge on any atom is 0.408 e. The minimum atomic E-state index is -1.50. The number of hydrogen-bond acceptors (Lipinski definition) is 7. The summed E-state index contributed by atoms with van der Waals surface area (Å²) in [5.74, 6) is -2.67. The minimum Gasteiger partial charge on any atom is -0.507 e. The van der Waals surface area contributed by atoms with Crippen LogP contribution >= 0.6 is 0 Å². The zero-order valence-electron chi connectivity index (χ0n) is 22.3. The molecule has 0 aromatic heterocycles. The first-order valence-electron chi connectivity index (χ1n) is 12.1. The molecule has 11 heteroatoms. The molecule has 2 aromatic carbocycles. The predicted molar refractivity (Wildman–Crippen MR) is 141 cm³/mol. The number of rotatable bonds is 10. The number of phenolic OH excluding ortho intramolecular Hbond substituents is 1.